The van der Waals surface area contributed by atoms with E-state index in [-0.39, 0.29) is 5.91 Å². The van der Waals surface area contributed by atoms with Gasteiger partial charge in [-0.05, 0) is 31.7 Å². The lowest BCUT2D eigenvalue weighted by Crippen LogP contribution is -2.27. The molecule has 1 amide bonds. The zero-order valence-electron chi connectivity index (χ0n) is 13.4. The standard InChI is InChI=1S/C17H22N4OS/c1-2-21-16(14-8-9-14)19-20-17(21)23-12-15(22)18-11-10-13-6-4-3-5-7-13/h3-7,14H,2,8-12H2,1H3,(H,18,22). The van der Waals surface area contributed by atoms with E-state index in [0.717, 1.165) is 23.9 Å². The molecule has 1 aromatic heterocycles. The number of nitrogens with one attached hydrogen (secondary N) is 1. The molecule has 0 aliphatic heterocycles. The zero-order valence-corrected chi connectivity index (χ0v) is 14.2. The predicted octanol–water partition coefficient (Wildman–Crippen LogP) is 2.63. The number of carbonyl (C=O) groups is 1. The van der Waals surface area contributed by atoms with Crippen LogP contribution < -0.4 is 5.32 Å². The van der Waals surface area contributed by atoms with E-state index in [9.17, 15) is 4.79 Å². The Labute approximate surface area is 140 Å². The first kappa shape index (κ1) is 16.1. The summed E-state index contributed by atoms with van der Waals surface area (Å²) < 4.78 is 2.14. The number of amides is 1. The van der Waals surface area contributed by atoms with Crippen molar-refractivity contribution in [2.45, 2.75) is 43.8 Å². The number of thioether (sulfide) groups is 1. The lowest BCUT2D eigenvalue weighted by atomic mass is 10.1. The lowest BCUT2D eigenvalue weighted by molar-refractivity contribution is -0.118. The van der Waals surface area contributed by atoms with Gasteiger partial charge < -0.3 is 9.88 Å². The molecule has 1 aromatic carbocycles. The van der Waals surface area contributed by atoms with Crippen LogP contribution in [0.1, 0.15) is 37.1 Å². The first-order valence-electron chi connectivity index (χ1n) is 8.14. The van der Waals surface area contributed by atoms with E-state index >= 15 is 0 Å². The van der Waals surface area contributed by atoms with Gasteiger partial charge in [0.05, 0.1) is 5.75 Å². The highest BCUT2D eigenvalue weighted by molar-refractivity contribution is 7.99. The van der Waals surface area contributed by atoms with Crippen LogP contribution in [0.2, 0.25) is 0 Å². The van der Waals surface area contributed by atoms with E-state index in [2.05, 4.69) is 39.1 Å². The van der Waals surface area contributed by atoms with Gasteiger partial charge in [-0.15, -0.1) is 10.2 Å². The molecule has 1 N–H and O–H groups in total. The molecule has 6 heteroatoms. The molecule has 23 heavy (non-hydrogen) atoms. The lowest BCUT2D eigenvalue weighted by Gasteiger charge is -2.07. The second-order valence-electron chi connectivity index (χ2n) is 5.73. The van der Waals surface area contributed by atoms with E-state index in [0.29, 0.717) is 18.2 Å². The quantitative estimate of drug-likeness (QED) is 0.756. The Balaban J connectivity index is 1.44. The maximum Gasteiger partial charge on any atom is 0.230 e. The van der Waals surface area contributed by atoms with Crippen LogP contribution in [0.15, 0.2) is 35.5 Å². The smallest absolute Gasteiger partial charge is 0.230 e. The molecule has 3 rings (SSSR count). The molecular weight excluding hydrogens is 308 g/mol. The average Bonchev–Trinajstić information content (AvgIpc) is 3.34. The molecule has 2 aromatic rings. The number of nitrogens with zero attached hydrogens (tertiary/aromatic N) is 3. The summed E-state index contributed by atoms with van der Waals surface area (Å²) in [5, 5.41) is 12.4. The summed E-state index contributed by atoms with van der Waals surface area (Å²) in [6.45, 7) is 3.62. The average molecular weight is 330 g/mol. The highest BCUT2D eigenvalue weighted by Gasteiger charge is 2.30. The number of benzene rings is 1. The summed E-state index contributed by atoms with van der Waals surface area (Å²) in [6.07, 6.45) is 3.28. The minimum atomic E-state index is 0.0459. The fraction of sp³-hybridized carbons (Fsp3) is 0.471. The van der Waals surface area contributed by atoms with Crippen molar-refractivity contribution in [1.29, 1.82) is 0 Å². The Kier molecular flexibility index (Phi) is 5.33. The van der Waals surface area contributed by atoms with Crippen LogP contribution in [-0.2, 0) is 17.8 Å². The summed E-state index contributed by atoms with van der Waals surface area (Å²) in [6, 6.07) is 10.2. The van der Waals surface area contributed by atoms with Crippen LogP contribution in [0.5, 0.6) is 0 Å². The van der Waals surface area contributed by atoms with Gasteiger partial charge in [-0.2, -0.15) is 0 Å². The molecule has 0 saturated heterocycles. The van der Waals surface area contributed by atoms with E-state index in [1.807, 2.05) is 18.2 Å². The van der Waals surface area contributed by atoms with Crippen LogP contribution in [0, 0.1) is 0 Å². The van der Waals surface area contributed by atoms with Crippen LogP contribution in [0.3, 0.4) is 0 Å². The van der Waals surface area contributed by atoms with Crippen molar-refractivity contribution in [2.75, 3.05) is 12.3 Å². The Hall–Kier alpha value is -1.82. The van der Waals surface area contributed by atoms with E-state index < -0.39 is 0 Å². The van der Waals surface area contributed by atoms with E-state index in [1.165, 1.54) is 30.2 Å². The summed E-state index contributed by atoms with van der Waals surface area (Å²) in [5.74, 6) is 2.10. The van der Waals surface area contributed by atoms with Crippen LogP contribution in [0.4, 0.5) is 0 Å². The van der Waals surface area contributed by atoms with E-state index in [1.54, 1.807) is 0 Å². The molecule has 0 radical (unpaired) electrons. The van der Waals surface area contributed by atoms with Gasteiger partial charge in [-0.1, -0.05) is 42.1 Å². The van der Waals surface area contributed by atoms with Crippen molar-refractivity contribution in [3.05, 3.63) is 41.7 Å². The van der Waals surface area contributed by atoms with Gasteiger partial charge in [0.15, 0.2) is 5.16 Å². The van der Waals surface area contributed by atoms with E-state index in [4.69, 9.17) is 0 Å². The molecule has 1 aliphatic carbocycles. The maximum absolute atomic E-state index is 12.0. The zero-order chi connectivity index (χ0) is 16.1. The monoisotopic (exact) mass is 330 g/mol. The van der Waals surface area contributed by atoms with Gasteiger partial charge in [0.1, 0.15) is 5.82 Å². The van der Waals surface area contributed by atoms with Crippen molar-refractivity contribution in [1.82, 2.24) is 20.1 Å². The molecule has 0 spiro atoms. The molecule has 0 atom stereocenters. The SMILES string of the molecule is CCn1c(SCC(=O)NCCc2ccccc2)nnc1C1CC1. The van der Waals surface area contributed by atoms with Gasteiger partial charge in [0.2, 0.25) is 5.91 Å². The Bertz CT molecular complexity index is 652. The number of aromatic nitrogens is 3. The van der Waals surface area contributed by atoms with Gasteiger partial charge >= 0.3 is 0 Å². The highest BCUT2D eigenvalue weighted by Crippen LogP contribution is 2.39. The number of carbonyl (C=O) groups excluding carboxylic acids is 1. The predicted molar refractivity (Wildman–Crippen MR) is 91.6 cm³/mol. The first-order chi connectivity index (χ1) is 11.3. The fourth-order valence-electron chi connectivity index (χ4n) is 2.52. The van der Waals surface area contributed by atoms with Crippen LogP contribution in [-0.4, -0.2) is 33.0 Å². The highest BCUT2D eigenvalue weighted by atomic mass is 32.2. The summed E-state index contributed by atoms with van der Waals surface area (Å²) in [7, 11) is 0. The normalized spacial score (nSPS) is 14.0. The Morgan fingerprint density at radius 3 is 2.78 bits per heavy atom. The van der Waals surface area contributed by atoms with Gasteiger partial charge in [0.25, 0.3) is 0 Å². The van der Waals surface area contributed by atoms with Gasteiger partial charge in [-0.3, -0.25) is 4.79 Å². The van der Waals surface area contributed by atoms with Crippen LogP contribution >= 0.6 is 11.8 Å². The van der Waals surface area contributed by atoms with Crippen molar-refractivity contribution in [2.24, 2.45) is 0 Å². The molecule has 0 bridgehead atoms. The van der Waals surface area contributed by atoms with Crippen LogP contribution in [0.25, 0.3) is 0 Å². The maximum atomic E-state index is 12.0. The second kappa shape index (κ2) is 7.64. The second-order valence-corrected chi connectivity index (χ2v) is 6.68. The molecule has 5 nitrogen and oxygen atoms in total. The number of hydrogen-bond donors (Lipinski definition) is 1. The van der Waals surface area contributed by atoms with Gasteiger partial charge in [-0.25, -0.2) is 0 Å². The topological polar surface area (TPSA) is 59.8 Å². The largest absolute Gasteiger partial charge is 0.355 e. The fourth-order valence-corrected chi connectivity index (χ4v) is 3.36. The third-order valence-electron chi connectivity index (χ3n) is 3.92. The third-order valence-corrected chi connectivity index (χ3v) is 4.88. The molecule has 0 unspecified atom stereocenters. The summed E-state index contributed by atoms with van der Waals surface area (Å²) in [4.78, 5) is 12.0. The van der Waals surface area contributed by atoms with Crippen molar-refractivity contribution in [3.63, 3.8) is 0 Å². The summed E-state index contributed by atoms with van der Waals surface area (Å²) >= 11 is 1.47. The molecule has 1 aliphatic rings. The number of hydrogen-bond acceptors (Lipinski definition) is 4. The van der Waals surface area contributed by atoms with Crippen molar-refractivity contribution < 1.29 is 4.79 Å². The summed E-state index contributed by atoms with van der Waals surface area (Å²) in [5.41, 5.74) is 1.24. The number of rotatable bonds is 8. The minimum absolute atomic E-state index is 0.0459. The molecule has 122 valence electrons. The molecule has 1 heterocycles. The van der Waals surface area contributed by atoms with Crippen molar-refractivity contribution in [3.8, 4) is 0 Å². The van der Waals surface area contributed by atoms with Gasteiger partial charge in [0, 0.05) is 19.0 Å². The molecule has 1 fully saturated rings. The third kappa shape index (κ3) is 4.34. The molecule has 1 saturated carbocycles. The Morgan fingerprint density at radius 1 is 1.30 bits per heavy atom. The Morgan fingerprint density at radius 2 is 2.09 bits per heavy atom. The molecular formula is C17H22N4OS. The first-order valence-corrected chi connectivity index (χ1v) is 9.13. The minimum Gasteiger partial charge on any atom is -0.355 e. The van der Waals surface area contributed by atoms with Crippen molar-refractivity contribution >= 4 is 17.7 Å².